The predicted octanol–water partition coefficient (Wildman–Crippen LogP) is 1.41. The topological polar surface area (TPSA) is 50.1 Å². The van der Waals surface area contributed by atoms with Crippen LogP contribution < -0.4 is 0 Å². The molecule has 0 unspecified atom stereocenters. The molecule has 0 radical (unpaired) electrons. The second-order valence-electron chi connectivity index (χ2n) is 1.87. The third-order valence-corrected chi connectivity index (χ3v) is 1.16. The second kappa shape index (κ2) is 5.48. The summed E-state index contributed by atoms with van der Waals surface area (Å²) in [5.41, 5.74) is 0.425. The summed E-state index contributed by atoms with van der Waals surface area (Å²) < 4.78 is 4.69. The average Bonchev–Trinajstić information content (AvgIpc) is 2.00. The first-order valence-corrected chi connectivity index (χ1v) is 3.45. The molecule has 0 heterocycles. The molecule has 3 heteroatoms. The van der Waals surface area contributed by atoms with Crippen LogP contribution in [0.4, 0.5) is 0 Å². The minimum absolute atomic E-state index is 0.120. The summed E-state index contributed by atoms with van der Waals surface area (Å²) in [5, 5.41) is 8.29. The summed E-state index contributed by atoms with van der Waals surface area (Å²) in [7, 11) is 0. The van der Waals surface area contributed by atoms with E-state index in [1.165, 1.54) is 0 Å². The standard InChI is InChI=1S/C8H11NO2/c1-3-7(5-6-9)8(10)11-4-2/h3H,4-5H2,1-2H3/b7-3+. The highest BCUT2D eigenvalue weighted by atomic mass is 16.5. The van der Waals surface area contributed by atoms with E-state index in [9.17, 15) is 4.79 Å². The van der Waals surface area contributed by atoms with E-state index in [1.807, 2.05) is 6.07 Å². The molecule has 0 saturated carbocycles. The van der Waals surface area contributed by atoms with Gasteiger partial charge in [0, 0.05) is 5.57 Å². The second-order valence-corrected chi connectivity index (χ2v) is 1.87. The fourth-order valence-corrected chi connectivity index (χ4v) is 0.601. The fourth-order valence-electron chi connectivity index (χ4n) is 0.601. The number of nitriles is 1. The van der Waals surface area contributed by atoms with Crippen LogP contribution >= 0.6 is 0 Å². The number of rotatable bonds is 3. The van der Waals surface area contributed by atoms with Gasteiger partial charge in [-0.2, -0.15) is 5.26 Å². The van der Waals surface area contributed by atoms with Crippen LogP contribution in [-0.2, 0) is 9.53 Å². The summed E-state index contributed by atoms with van der Waals surface area (Å²) in [6, 6.07) is 1.89. The summed E-state index contributed by atoms with van der Waals surface area (Å²) in [6.07, 6.45) is 1.72. The zero-order chi connectivity index (χ0) is 8.69. The summed E-state index contributed by atoms with van der Waals surface area (Å²) in [6.45, 7) is 3.79. The Morgan fingerprint density at radius 1 is 1.73 bits per heavy atom. The normalized spacial score (nSPS) is 10.5. The number of carbonyl (C=O) groups is 1. The lowest BCUT2D eigenvalue weighted by Gasteiger charge is -2.00. The Balaban J connectivity index is 4.07. The van der Waals surface area contributed by atoms with Crippen LogP contribution in [-0.4, -0.2) is 12.6 Å². The van der Waals surface area contributed by atoms with Crippen LogP contribution in [0.3, 0.4) is 0 Å². The fraction of sp³-hybridized carbons (Fsp3) is 0.500. The predicted molar refractivity (Wildman–Crippen MR) is 40.6 cm³/mol. The van der Waals surface area contributed by atoms with E-state index in [2.05, 4.69) is 4.74 Å². The molecule has 0 fully saturated rings. The molecular weight excluding hydrogens is 142 g/mol. The molecule has 0 bridgehead atoms. The first kappa shape index (κ1) is 9.70. The molecule has 0 amide bonds. The Labute approximate surface area is 66.3 Å². The Morgan fingerprint density at radius 2 is 2.36 bits per heavy atom. The van der Waals surface area contributed by atoms with Gasteiger partial charge in [0.15, 0.2) is 0 Å². The molecule has 0 aromatic rings. The quantitative estimate of drug-likeness (QED) is 0.455. The Kier molecular flexibility index (Phi) is 4.83. The summed E-state index contributed by atoms with van der Waals surface area (Å²) >= 11 is 0. The van der Waals surface area contributed by atoms with Crippen molar-refractivity contribution < 1.29 is 9.53 Å². The molecular formula is C8H11NO2. The van der Waals surface area contributed by atoms with E-state index in [-0.39, 0.29) is 6.42 Å². The van der Waals surface area contributed by atoms with Gasteiger partial charge < -0.3 is 4.74 Å². The van der Waals surface area contributed by atoms with E-state index in [0.29, 0.717) is 12.2 Å². The van der Waals surface area contributed by atoms with Gasteiger partial charge >= 0.3 is 5.97 Å². The van der Waals surface area contributed by atoms with Crippen molar-refractivity contribution in [1.29, 1.82) is 5.26 Å². The number of allylic oxidation sites excluding steroid dienone is 1. The number of ether oxygens (including phenoxy) is 1. The number of hydrogen-bond donors (Lipinski definition) is 0. The highest BCUT2D eigenvalue weighted by Crippen LogP contribution is 2.02. The molecule has 0 aliphatic heterocycles. The zero-order valence-corrected chi connectivity index (χ0v) is 6.76. The summed E-state index contributed by atoms with van der Waals surface area (Å²) in [4.78, 5) is 10.9. The highest BCUT2D eigenvalue weighted by Gasteiger charge is 2.07. The molecule has 0 aliphatic rings. The number of nitrogens with zero attached hydrogens (tertiary/aromatic N) is 1. The monoisotopic (exact) mass is 153 g/mol. The van der Waals surface area contributed by atoms with Gasteiger partial charge in [-0.1, -0.05) is 6.08 Å². The van der Waals surface area contributed by atoms with Crippen LogP contribution in [0.15, 0.2) is 11.6 Å². The lowest BCUT2D eigenvalue weighted by Crippen LogP contribution is -2.06. The minimum atomic E-state index is -0.392. The Hall–Kier alpha value is -1.30. The molecule has 0 rings (SSSR count). The van der Waals surface area contributed by atoms with E-state index in [0.717, 1.165) is 0 Å². The maximum Gasteiger partial charge on any atom is 0.334 e. The Morgan fingerprint density at radius 3 is 2.73 bits per heavy atom. The van der Waals surface area contributed by atoms with Gasteiger partial charge in [-0.15, -0.1) is 0 Å². The van der Waals surface area contributed by atoms with Crippen molar-refractivity contribution in [1.82, 2.24) is 0 Å². The van der Waals surface area contributed by atoms with E-state index < -0.39 is 5.97 Å². The maximum absolute atomic E-state index is 10.9. The first-order chi connectivity index (χ1) is 5.26. The van der Waals surface area contributed by atoms with Crippen LogP contribution in [0.25, 0.3) is 0 Å². The molecule has 3 nitrogen and oxygen atoms in total. The van der Waals surface area contributed by atoms with Crippen LogP contribution in [0.1, 0.15) is 20.3 Å². The molecule has 0 atom stereocenters. The molecule has 0 aliphatic carbocycles. The van der Waals surface area contributed by atoms with Crippen molar-refractivity contribution >= 4 is 5.97 Å². The van der Waals surface area contributed by atoms with Gasteiger partial charge in [-0.05, 0) is 13.8 Å². The average molecular weight is 153 g/mol. The van der Waals surface area contributed by atoms with Crippen LogP contribution in [0.5, 0.6) is 0 Å². The number of hydrogen-bond acceptors (Lipinski definition) is 3. The van der Waals surface area contributed by atoms with Gasteiger partial charge in [0.05, 0.1) is 19.1 Å². The summed E-state index contributed by atoms with van der Waals surface area (Å²) in [5.74, 6) is -0.392. The van der Waals surface area contributed by atoms with E-state index in [4.69, 9.17) is 5.26 Å². The molecule has 0 aromatic carbocycles. The Bertz CT molecular complexity index is 201. The van der Waals surface area contributed by atoms with Crippen LogP contribution in [0.2, 0.25) is 0 Å². The first-order valence-electron chi connectivity index (χ1n) is 3.45. The molecule has 0 saturated heterocycles. The van der Waals surface area contributed by atoms with Gasteiger partial charge in [0.25, 0.3) is 0 Å². The number of esters is 1. The lowest BCUT2D eigenvalue weighted by molar-refractivity contribution is -0.138. The van der Waals surface area contributed by atoms with Crippen LogP contribution in [0, 0.1) is 11.3 Å². The molecule has 60 valence electrons. The van der Waals surface area contributed by atoms with Gasteiger partial charge in [-0.3, -0.25) is 0 Å². The van der Waals surface area contributed by atoms with Crippen molar-refractivity contribution in [2.45, 2.75) is 20.3 Å². The van der Waals surface area contributed by atoms with E-state index >= 15 is 0 Å². The number of carbonyl (C=O) groups excluding carboxylic acids is 1. The van der Waals surface area contributed by atoms with Gasteiger partial charge in [0.1, 0.15) is 0 Å². The lowest BCUT2D eigenvalue weighted by atomic mass is 10.2. The third-order valence-electron chi connectivity index (χ3n) is 1.16. The van der Waals surface area contributed by atoms with Crippen molar-refractivity contribution in [3.8, 4) is 6.07 Å². The molecule has 0 N–H and O–H groups in total. The van der Waals surface area contributed by atoms with Crippen molar-refractivity contribution in [2.24, 2.45) is 0 Å². The minimum Gasteiger partial charge on any atom is -0.463 e. The van der Waals surface area contributed by atoms with Gasteiger partial charge in [0.2, 0.25) is 0 Å². The molecule has 0 spiro atoms. The molecule has 11 heavy (non-hydrogen) atoms. The van der Waals surface area contributed by atoms with Crippen molar-refractivity contribution in [3.05, 3.63) is 11.6 Å². The van der Waals surface area contributed by atoms with Gasteiger partial charge in [-0.25, -0.2) is 4.79 Å². The molecule has 0 aromatic heterocycles. The SMILES string of the molecule is C/C=C(\CC#N)C(=O)OCC. The maximum atomic E-state index is 10.9. The van der Waals surface area contributed by atoms with Crippen molar-refractivity contribution in [3.63, 3.8) is 0 Å². The highest BCUT2D eigenvalue weighted by molar-refractivity contribution is 5.88. The third kappa shape index (κ3) is 3.41. The largest absolute Gasteiger partial charge is 0.463 e. The smallest absolute Gasteiger partial charge is 0.334 e. The van der Waals surface area contributed by atoms with Crippen molar-refractivity contribution in [2.75, 3.05) is 6.61 Å². The zero-order valence-electron chi connectivity index (χ0n) is 6.76. The van der Waals surface area contributed by atoms with E-state index in [1.54, 1.807) is 19.9 Å².